The van der Waals surface area contributed by atoms with Gasteiger partial charge >= 0.3 is 0 Å². The molecule has 1 rings (SSSR count). The number of hydrogen-bond donors (Lipinski definition) is 0. The zero-order valence-electron chi connectivity index (χ0n) is 12.2. The Balaban J connectivity index is 3.53. The van der Waals surface area contributed by atoms with Gasteiger partial charge in [0.2, 0.25) is 0 Å². The number of nitrogens with zero attached hydrogens (tertiary/aromatic N) is 3. The second-order valence-corrected chi connectivity index (χ2v) is 5.64. The first kappa shape index (κ1) is 14.9. The SMILES string of the molecule is [C-]#[N+]C(C)(C)c1cc(C=NC)cc(C(C)(C)C#N)c1. The van der Waals surface area contributed by atoms with E-state index < -0.39 is 11.0 Å². The normalized spacial score (nSPS) is 12.2. The Bertz CT molecular complexity index is 537. The van der Waals surface area contributed by atoms with Crippen LogP contribution in [0.15, 0.2) is 23.2 Å². The molecule has 3 nitrogen and oxygen atoms in total. The monoisotopic (exact) mass is 253 g/mol. The van der Waals surface area contributed by atoms with Gasteiger partial charge in [0.1, 0.15) is 0 Å². The van der Waals surface area contributed by atoms with Gasteiger partial charge in [-0.3, -0.25) is 4.99 Å². The summed E-state index contributed by atoms with van der Waals surface area (Å²) in [7, 11) is 1.71. The molecule has 0 spiro atoms. The molecule has 1 aromatic rings. The number of rotatable bonds is 3. The van der Waals surface area contributed by atoms with E-state index in [9.17, 15) is 5.26 Å². The van der Waals surface area contributed by atoms with Crippen LogP contribution >= 0.6 is 0 Å². The fraction of sp³-hybridized carbons (Fsp3) is 0.438. The Morgan fingerprint density at radius 2 is 1.79 bits per heavy atom. The van der Waals surface area contributed by atoms with E-state index in [1.54, 1.807) is 13.3 Å². The average molecular weight is 253 g/mol. The van der Waals surface area contributed by atoms with E-state index in [1.807, 2.05) is 45.9 Å². The van der Waals surface area contributed by atoms with Gasteiger partial charge in [-0.2, -0.15) is 5.26 Å². The molecule has 0 aliphatic heterocycles. The minimum atomic E-state index is -0.599. The van der Waals surface area contributed by atoms with Gasteiger partial charge in [-0.25, -0.2) is 6.57 Å². The Hall–Kier alpha value is -2.13. The molecule has 0 saturated carbocycles. The average Bonchev–Trinajstić information content (AvgIpc) is 2.38. The lowest BCUT2D eigenvalue weighted by molar-refractivity contribution is 0.647. The molecule has 1 aromatic carbocycles. The molecule has 0 aromatic heterocycles. The van der Waals surface area contributed by atoms with Gasteiger partial charge in [0.15, 0.2) is 0 Å². The maximum absolute atomic E-state index is 9.28. The summed E-state index contributed by atoms with van der Waals surface area (Å²) in [4.78, 5) is 7.68. The Kier molecular flexibility index (Phi) is 4.12. The summed E-state index contributed by atoms with van der Waals surface area (Å²) in [5.74, 6) is 0. The van der Waals surface area contributed by atoms with Crippen LogP contribution in [0.5, 0.6) is 0 Å². The molecule has 0 heterocycles. The van der Waals surface area contributed by atoms with Crippen molar-refractivity contribution in [3.63, 3.8) is 0 Å². The molecule has 0 N–H and O–H groups in total. The van der Waals surface area contributed by atoms with Gasteiger partial charge in [0.05, 0.1) is 11.5 Å². The summed E-state index contributed by atoms with van der Waals surface area (Å²) < 4.78 is 0. The van der Waals surface area contributed by atoms with Crippen molar-refractivity contribution in [1.82, 2.24) is 0 Å². The third kappa shape index (κ3) is 3.20. The van der Waals surface area contributed by atoms with E-state index in [0.717, 1.165) is 16.7 Å². The molecule has 0 saturated heterocycles. The lowest BCUT2D eigenvalue weighted by atomic mass is 9.82. The predicted molar refractivity (Wildman–Crippen MR) is 78.2 cm³/mol. The second kappa shape index (κ2) is 5.24. The quantitative estimate of drug-likeness (QED) is 0.598. The first-order valence-electron chi connectivity index (χ1n) is 6.15. The molecule has 0 aliphatic carbocycles. The van der Waals surface area contributed by atoms with Crippen LogP contribution < -0.4 is 0 Å². The molecule has 0 unspecified atom stereocenters. The topological polar surface area (TPSA) is 40.5 Å². The number of aliphatic imine (C=N–C) groups is 1. The highest BCUT2D eigenvalue weighted by Gasteiger charge is 2.29. The second-order valence-electron chi connectivity index (χ2n) is 5.64. The summed E-state index contributed by atoms with van der Waals surface area (Å²) in [5, 5.41) is 9.28. The third-order valence-electron chi connectivity index (χ3n) is 3.22. The molecular formula is C16H19N3. The molecule has 0 amide bonds. The zero-order chi connectivity index (χ0) is 14.7. The number of benzene rings is 1. The number of nitriles is 1. The predicted octanol–water partition coefficient (Wildman–Crippen LogP) is 3.69. The van der Waals surface area contributed by atoms with Crippen LogP contribution in [0.25, 0.3) is 4.85 Å². The Morgan fingerprint density at radius 3 is 2.26 bits per heavy atom. The highest BCUT2D eigenvalue weighted by Crippen LogP contribution is 2.31. The highest BCUT2D eigenvalue weighted by molar-refractivity contribution is 5.80. The fourth-order valence-electron chi connectivity index (χ4n) is 1.72. The van der Waals surface area contributed by atoms with Crippen molar-refractivity contribution in [2.45, 2.75) is 38.6 Å². The first-order valence-corrected chi connectivity index (χ1v) is 6.15. The summed E-state index contributed by atoms with van der Waals surface area (Å²) >= 11 is 0. The minimum absolute atomic E-state index is 0.579. The van der Waals surface area contributed by atoms with Gasteiger partial charge < -0.3 is 4.85 Å². The van der Waals surface area contributed by atoms with Crippen molar-refractivity contribution in [3.8, 4) is 6.07 Å². The van der Waals surface area contributed by atoms with Crippen LogP contribution in [0.1, 0.15) is 44.4 Å². The van der Waals surface area contributed by atoms with Gasteiger partial charge in [0.25, 0.3) is 5.54 Å². The van der Waals surface area contributed by atoms with Gasteiger partial charge in [-0.05, 0) is 43.2 Å². The largest absolute Gasteiger partial charge is 0.306 e. The zero-order valence-corrected chi connectivity index (χ0v) is 12.2. The van der Waals surface area contributed by atoms with Crippen molar-refractivity contribution in [1.29, 1.82) is 5.26 Å². The van der Waals surface area contributed by atoms with E-state index in [4.69, 9.17) is 6.57 Å². The minimum Gasteiger partial charge on any atom is -0.306 e. The van der Waals surface area contributed by atoms with Crippen molar-refractivity contribution in [2.75, 3.05) is 7.05 Å². The summed E-state index contributed by atoms with van der Waals surface area (Å²) in [6.07, 6.45) is 1.75. The Labute approximate surface area is 115 Å². The van der Waals surface area contributed by atoms with Crippen LogP contribution in [0, 0.1) is 17.9 Å². The van der Waals surface area contributed by atoms with Crippen LogP contribution in [0.4, 0.5) is 0 Å². The van der Waals surface area contributed by atoms with Crippen LogP contribution in [-0.2, 0) is 11.0 Å². The van der Waals surface area contributed by atoms with Crippen LogP contribution in [-0.4, -0.2) is 13.3 Å². The molecule has 0 bridgehead atoms. The lowest BCUT2D eigenvalue weighted by Gasteiger charge is -2.20. The van der Waals surface area contributed by atoms with Crippen LogP contribution in [0.3, 0.4) is 0 Å². The molecule has 0 radical (unpaired) electrons. The van der Waals surface area contributed by atoms with Crippen molar-refractivity contribution in [2.24, 2.45) is 4.99 Å². The standard InChI is InChI=1S/C16H19N3/c1-15(2,11-17)13-7-12(10-18-5)8-14(9-13)16(3,4)19-6/h7-10H,1-5H3. The van der Waals surface area contributed by atoms with E-state index in [-0.39, 0.29) is 0 Å². The van der Waals surface area contributed by atoms with E-state index in [1.165, 1.54) is 0 Å². The molecular weight excluding hydrogens is 234 g/mol. The third-order valence-corrected chi connectivity index (χ3v) is 3.22. The lowest BCUT2D eigenvalue weighted by Crippen LogP contribution is -2.18. The highest BCUT2D eigenvalue weighted by atomic mass is 14.8. The van der Waals surface area contributed by atoms with Crippen molar-refractivity contribution >= 4 is 6.21 Å². The van der Waals surface area contributed by atoms with E-state index in [2.05, 4.69) is 15.9 Å². The maximum atomic E-state index is 9.28. The molecule has 0 atom stereocenters. The molecule has 3 heteroatoms. The molecule has 0 fully saturated rings. The summed E-state index contributed by atoms with van der Waals surface area (Å²) in [6.45, 7) is 14.8. The van der Waals surface area contributed by atoms with Gasteiger partial charge in [-0.1, -0.05) is 0 Å². The smallest absolute Gasteiger partial charge is 0.252 e. The van der Waals surface area contributed by atoms with Crippen molar-refractivity contribution < 1.29 is 0 Å². The van der Waals surface area contributed by atoms with Gasteiger partial charge in [0, 0.05) is 32.7 Å². The molecule has 19 heavy (non-hydrogen) atoms. The number of hydrogen-bond acceptors (Lipinski definition) is 2. The first-order chi connectivity index (χ1) is 8.76. The van der Waals surface area contributed by atoms with Crippen molar-refractivity contribution in [3.05, 3.63) is 46.3 Å². The molecule has 0 aliphatic rings. The van der Waals surface area contributed by atoms with Gasteiger partial charge in [-0.15, -0.1) is 0 Å². The maximum Gasteiger partial charge on any atom is 0.252 e. The molecule has 98 valence electrons. The fourth-order valence-corrected chi connectivity index (χ4v) is 1.72. The Morgan fingerprint density at radius 1 is 1.21 bits per heavy atom. The summed E-state index contributed by atoms with van der Waals surface area (Å²) in [5.41, 5.74) is 1.58. The van der Waals surface area contributed by atoms with Crippen LogP contribution in [0.2, 0.25) is 0 Å². The summed E-state index contributed by atoms with van der Waals surface area (Å²) in [6, 6.07) is 8.17. The van der Waals surface area contributed by atoms with E-state index >= 15 is 0 Å². The van der Waals surface area contributed by atoms with E-state index in [0.29, 0.717) is 0 Å².